The van der Waals surface area contributed by atoms with Gasteiger partial charge in [-0.05, 0) is 47.4 Å². The monoisotopic (exact) mass is 446 g/mol. The summed E-state index contributed by atoms with van der Waals surface area (Å²) in [7, 11) is 0. The maximum atomic E-state index is 13.4. The van der Waals surface area contributed by atoms with Crippen LogP contribution >= 0.6 is 0 Å². The molecule has 2 aliphatic rings. The Morgan fingerprint density at radius 1 is 0.879 bits per heavy atom. The second kappa shape index (κ2) is 9.32. The molecule has 0 radical (unpaired) electrons. The summed E-state index contributed by atoms with van der Waals surface area (Å²) in [4.78, 5) is 30.4. The van der Waals surface area contributed by atoms with Crippen LogP contribution in [0, 0.1) is 11.7 Å². The predicted octanol–water partition coefficient (Wildman–Crippen LogP) is 4.43. The number of hydrogen-bond donors (Lipinski definition) is 0. The Morgan fingerprint density at radius 3 is 2.52 bits per heavy atom. The van der Waals surface area contributed by atoms with Crippen LogP contribution in [0.2, 0.25) is 0 Å². The molecule has 5 nitrogen and oxygen atoms in total. The summed E-state index contributed by atoms with van der Waals surface area (Å²) in [5, 5.41) is 1.97. The molecule has 0 aromatic heterocycles. The lowest BCUT2D eigenvalue weighted by Gasteiger charge is -2.38. The van der Waals surface area contributed by atoms with Gasteiger partial charge in [-0.2, -0.15) is 0 Å². The standard InChI is InChI=1S/C27H27FN2O3/c28-22-12-10-20(11-13-22)25-18-30(15-16-33-25)26(31)21-7-4-14-29(17-21)27(32)24-9-3-6-19-5-1-2-8-23(19)24/h1-3,5-6,8-13,21,25H,4,7,14-18H2/t21-,25+/m0/s1. The zero-order valence-corrected chi connectivity index (χ0v) is 18.5. The number of amides is 2. The number of benzene rings is 3. The lowest BCUT2D eigenvalue weighted by molar-refractivity contribution is -0.144. The summed E-state index contributed by atoms with van der Waals surface area (Å²) in [5.74, 6) is -0.457. The van der Waals surface area contributed by atoms with E-state index in [0.717, 1.165) is 29.2 Å². The SMILES string of the molecule is O=C(c1cccc2ccccc12)N1CCC[C@H](C(=O)N2CCO[C@@H](c3ccc(F)cc3)C2)C1. The molecule has 0 unspecified atom stereocenters. The lowest BCUT2D eigenvalue weighted by atomic mass is 9.94. The van der Waals surface area contributed by atoms with E-state index in [0.29, 0.717) is 38.3 Å². The average Bonchev–Trinajstić information content (AvgIpc) is 2.88. The highest BCUT2D eigenvalue weighted by Crippen LogP contribution is 2.27. The number of morpholine rings is 1. The molecule has 5 rings (SSSR count). The first-order chi connectivity index (χ1) is 16.1. The number of likely N-dealkylation sites (tertiary alicyclic amines) is 1. The van der Waals surface area contributed by atoms with Crippen molar-refractivity contribution in [3.8, 4) is 0 Å². The van der Waals surface area contributed by atoms with Gasteiger partial charge in [0, 0.05) is 25.2 Å². The van der Waals surface area contributed by atoms with Gasteiger partial charge in [-0.3, -0.25) is 9.59 Å². The van der Waals surface area contributed by atoms with Crippen LogP contribution in [0.5, 0.6) is 0 Å². The molecule has 0 bridgehead atoms. The number of fused-ring (bicyclic) bond motifs is 1. The Hall–Kier alpha value is -3.25. The van der Waals surface area contributed by atoms with E-state index in [4.69, 9.17) is 4.74 Å². The second-order valence-electron chi connectivity index (χ2n) is 8.81. The number of ether oxygens (including phenoxy) is 1. The fraction of sp³-hybridized carbons (Fsp3) is 0.333. The average molecular weight is 447 g/mol. The van der Waals surface area contributed by atoms with Crippen LogP contribution in [0.4, 0.5) is 4.39 Å². The number of carbonyl (C=O) groups is 2. The molecule has 2 saturated heterocycles. The van der Waals surface area contributed by atoms with Crippen LogP contribution in [-0.4, -0.2) is 54.4 Å². The molecule has 6 heteroatoms. The van der Waals surface area contributed by atoms with Gasteiger partial charge in [-0.25, -0.2) is 4.39 Å². The largest absolute Gasteiger partial charge is 0.370 e. The molecule has 2 fully saturated rings. The molecule has 0 saturated carbocycles. The summed E-state index contributed by atoms with van der Waals surface area (Å²) < 4.78 is 19.1. The number of halogens is 1. The minimum Gasteiger partial charge on any atom is -0.370 e. The topological polar surface area (TPSA) is 49.9 Å². The van der Waals surface area contributed by atoms with Gasteiger partial charge in [0.15, 0.2) is 0 Å². The molecule has 170 valence electrons. The highest BCUT2D eigenvalue weighted by molar-refractivity contribution is 6.07. The van der Waals surface area contributed by atoms with Crippen LogP contribution in [-0.2, 0) is 9.53 Å². The zero-order valence-electron chi connectivity index (χ0n) is 18.5. The second-order valence-corrected chi connectivity index (χ2v) is 8.81. The van der Waals surface area contributed by atoms with Crippen molar-refractivity contribution in [2.75, 3.05) is 32.8 Å². The van der Waals surface area contributed by atoms with Gasteiger partial charge in [-0.1, -0.05) is 48.5 Å². The Kier molecular flexibility index (Phi) is 6.09. The molecular weight excluding hydrogens is 419 g/mol. The molecule has 2 aliphatic heterocycles. The fourth-order valence-electron chi connectivity index (χ4n) is 4.93. The number of hydrogen-bond acceptors (Lipinski definition) is 3. The van der Waals surface area contributed by atoms with E-state index >= 15 is 0 Å². The van der Waals surface area contributed by atoms with Crippen molar-refractivity contribution in [2.45, 2.75) is 18.9 Å². The van der Waals surface area contributed by atoms with Crippen molar-refractivity contribution in [2.24, 2.45) is 5.92 Å². The predicted molar refractivity (Wildman–Crippen MR) is 124 cm³/mol. The van der Waals surface area contributed by atoms with E-state index in [2.05, 4.69) is 0 Å². The minimum absolute atomic E-state index is 0.0181. The molecule has 0 aliphatic carbocycles. The third kappa shape index (κ3) is 4.48. The fourth-order valence-corrected chi connectivity index (χ4v) is 4.93. The first-order valence-electron chi connectivity index (χ1n) is 11.5. The third-order valence-corrected chi connectivity index (χ3v) is 6.70. The summed E-state index contributed by atoms with van der Waals surface area (Å²) in [6.07, 6.45) is 1.32. The van der Waals surface area contributed by atoms with Crippen LogP contribution in [0.25, 0.3) is 10.8 Å². The van der Waals surface area contributed by atoms with Gasteiger partial charge < -0.3 is 14.5 Å². The van der Waals surface area contributed by atoms with E-state index in [1.54, 1.807) is 12.1 Å². The minimum atomic E-state index is -0.291. The van der Waals surface area contributed by atoms with Gasteiger partial charge in [0.05, 0.1) is 19.1 Å². The van der Waals surface area contributed by atoms with Gasteiger partial charge in [0.1, 0.15) is 11.9 Å². The van der Waals surface area contributed by atoms with Crippen molar-refractivity contribution in [1.82, 2.24) is 9.80 Å². The quantitative estimate of drug-likeness (QED) is 0.598. The van der Waals surface area contributed by atoms with Crippen molar-refractivity contribution in [1.29, 1.82) is 0 Å². The third-order valence-electron chi connectivity index (χ3n) is 6.70. The van der Waals surface area contributed by atoms with Crippen molar-refractivity contribution < 1.29 is 18.7 Å². The maximum absolute atomic E-state index is 13.4. The van der Waals surface area contributed by atoms with E-state index in [1.807, 2.05) is 52.3 Å². The van der Waals surface area contributed by atoms with E-state index in [1.165, 1.54) is 12.1 Å². The van der Waals surface area contributed by atoms with Gasteiger partial charge in [0.2, 0.25) is 5.91 Å². The molecule has 33 heavy (non-hydrogen) atoms. The number of carbonyl (C=O) groups excluding carboxylic acids is 2. The van der Waals surface area contributed by atoms with Crippen molar-refractivity contribution in [3.63, 3.8) is 0 Å². The van der Waals surface area contributed by atoms with E-state index in [-0.39, 0.29) is 29.7 Å². The van der Waals surface area contributed by atoms with Gasteiger partial charge >= 0.3 is 0 Å². The molecule has 0 N–H and O–H groups in total. The van der Waals surface area contributed by atoms with Crippen LogP contribution in [0.15, 0.2) is 66.7 Å². The highest BCUT2D eigenvalue weighted by Gasteiger charge is 2.34. The zero-order chi connectivity index (χ0) is 22.8. The van der Waals surface area contributed by atoms with Crippen molar-refractivity contribution >= 4 is 22.6 Å². The highest BCUT2D eigenvalue weighted by atomic mass is 19.1. The van der Waals surface area contributed by atoms with Crippen molar-refractivity contribution in [3.05, 3.63) is 83.7 Å². The van der Waals surface area contributed by atoms with Crippen LogP contribution in [0.1, 0.15) is 34.9 Å². The number of nitrogens with zero attached hydrogens (tertiary/aromatic N) is 2. The Balaban J connectivity index is 1.28. The Morgan fingerprint density at radius 2 is 1.67 bits per heavy atom. The molecule has 2 heterocycles. The molecule has 0 spiro atoms. The molecule has 2 atom stereocenters. The first kappa shape index (κ1) is 21.6. The van der Waals surface area contributed by atoms with Gasteiger partial charge in [0.25, 0.3) is 5.91 Å². The van der Waals surface area contributed by atoms with Gasteiger partial charge in [-0.15, -0.1) is 0 Å². The summed E-state index contributed by atoms with van der Waals surface area (Å²) >= 11 is 0. The molecule has 2 amide bonds. The Labute approximate surface area is 192 Å². The number of piperidine rings is 1. The molecular formula is C27H27FN2O3. The van der Waals surface area contributed by atoms with E-state index < -0.39 is 0 Å². The molecule has 3 aromatic rings. The summed E-state index contributed by atoms with van der Waals surface area (Å²) in [5.41, 5.74) is 1.55. The first-order valence-corrected chi connectivity index (χ1v) is 11.5. The van der Waals surface area contributed by atoms with Crippen LogP contribution in [0.3, 0.4) is 0 Å². The summed E-state index contributed by atoms with van der Waals surface area (Å²) in [6, 6.07) is 19.9. The summed E-state index contributed by atoms with van der Waals surface area (Å²) in [6.45, 7) is 2.51. The van der Waals surface area contributed by atoms with E-state index in [9.17, 15) is 14.0 Å². The Bertz CT molecular complexity index is 1160. The van der Waals surface area contributed by atoms with Crippen LogP contribution < -0.4 is 0 Å². The number of rotatable bonds is 3. The normalized spacial score (nSPS) is 21.2. The maximum Gasteiger partial charge on any atom is 0.254 e. The lowest BCUT2D eigenvalue weighted by Crippen LogP contribution is -2.50. The molecule has 3 aromatic carbocycles. The smallest absolute Gasteiger partial charge is 0.254 e.